The van der Waals surface area contributed by atoms with Crippen LogP contribution in [-0.2, 0) is 38.8 Å². The fourth-order valence-corrected chi connectivity index (χ4v) is 5.18. The molecule has 0 radical (unpaired) electrons. The molecule has 0 aliphatic rings. The van der Waals surface area contributed by atoms with E-state index in [1.807, 2.05) is 56.3 Å². The van der Waals surface area contributed by atoms with Gasteiger partial charge in [-0.3, -0.25) is 13.9 Å². The average Bonchev–Trinajstić information content (AvgIpc) is 2.92. The molecule has 2 amide bonds. The molecule has 41 heavy (non-hydrogen) atoms. The quantitative estimate of drug-likeness (QED) is 0.324. The van der Waals surface area contributed by atoms with E-state index in [1.54, 1.807) is 12.1 Å². The molecule has 220 valence electrons. The predicted molar refractivity (Wildman–Crippen MR) is 153 cm³/mol. The monoisotopic (exact) mass is 589 g/mol. The number of carbonyl (C=O) groups is 2. The van der Waals surface area contributed by atoms with Gasteiger partial charge in [-0.1, -0.05) is 67.6 Å². The second-order valence-electron chi connectivity index (χ2n) is 9.76. The summed E-state index contributed by atoms with van der Waals surface area (Å²) in [5.41, 5.74) is 1.03. The van der Waals surface area contributed by atoms with Gasteiger partial charge in [-0.2, -0.15) is 13.2 Å². The summed E-state index contributed by atoms with van der Waals surface area (Å²) in [6.07, 6.45) is -3.08. The molecule has 3 rings (SSSR count). The van der Waals surface area contributed by atoms with Crippen molar-refractivity contribution in [1.29, 1.82) is 0 Å². The van der Waals surface area contributed by atoms with Crippen LogP contribution in [0, 0.1) is 6.92 Å². The van der Waals surface area contributed by atoms with Crippen LogP contribution in [0.3, 0.4) is 0 Å². The summed E-state index contributed by atoms with van der Waals surface area (Å²) in [5, 5.41) is 2.84. The largest absolute Gasteiger partial charge is 0.416 e. The molecule has 0 saturated carbocycles. The number of halogens is 3. The first-order valence-electron chi connectivity index (χ1n) is 13.1. The summed E-state index contributed by atoms with van der Waals surface area (Å²) in [7, 11) is -4.19. The Bertz CT molecular complexity index is 1450. The van der Waals surface area contributed by atoms with Crippen LogP contribution in [0.2, 0.25) is 0 Å². The minimum Gasteiger partial charge on any atom is -0.354 e. The first-order chi connectivity index (χ1) is 19.3. The number of hydrogen-bond acceptors (Lipinski definition) is 4. The number of rotatable bonds is 12. The Morgan fingerprint density at radius 3 is 2.22 bits per heavy atom. The average molecular weight is 590 g/mol. The number of hydrogen-bond donors (Lipinski definition) is 1. The lowest BCUT2D eigenvalue weighted by Crippen LogP contribution is -2.53. The Kier molecular flexibility index (Phi) is 10.6. The van der Waals surface area contributed by atoms with Crippen LogP contribution < -0.4 is 9.62 Å². The summed E-state index contributed by atoms with van der Waals surface area (Å²) >= 11 is 0. The zero-order valence-corrected chi connectivity index (χ0v) is 24.0. The van der Waals surface area contributed by atoms with Crippen molar-refractivity contribution in [2.24, 2.45) is 0 Å². The van der Waals surface area contributed by atoms with E-state index in [4.69, 9.17) is 0 Å². The number of anilines is 1. The maximum Gasteiger partial charge on any atom is 0.416 e. The lowest BCUT2D eigenvalue weighted by atomic mass is 10.0. The summed E-state index contributed by atoms with van der Waals surface area (Å²) in [5.74, 6) is -1.15. The molecule has 0 saturated heterocycles. The maximum absolute atomic E-state index is 14.0. The van der Waals surface area contributed by atoms with Gasteiger partial charge in [0, 0.05) is 19.5 Å². The van der Waals surface area contributed by atoms with Gasteiger partial charge in [0.1, 0.15) is 12.6 Å². The molecule has 3 aromatic carbocycles. The lowest BCUT2D eigenvalue weighted by molar-refractivity contribution is -0.140. The highest BCUT2D eigenvalue weighted by molar-refractivity contribution is 7.92. The molecule has 1 N–H and O–H groups in total. The van der Waals surface area contributed by atoms with Crippen molar-refractivity contribution in [3.05, 3.63) is 101 Å². The van der Waals surface area contributed by atoms with Gasteiger partial charge >= 0.3 is 6.18 Å². The van der Waals surface area contributed by atoms with Crippen LogP contribution in [0.15, 0.2) is 78.9 Å². The Balaban J connectivity index is 2.08. The molecule has 11 heteroatoms. The number of carbonyl (C=O) groups excluding carboxylic acids is 2. The number of amides is 2. The normalized spacial score (nSPS) is 12.4. The van der Waals surface area contributed by atoms with Gasteiger partial charge in [0.25, 0.3) is 0 Å². The van der Waals surface area contributed by atoms with Gasteiger partial charge in [-0.05, 0) is 48.2 Å². The van der Waals surface area contributed by atoms with Crippen LogP contribution >= 0.6 is 0 Å². The molecular weight excluding hydrogens is 555 g/mol. The molecule has 0 aliphatic carbocycles. The number of alkyl halides is 3. The van der Waals surface area contributed by atoms with Gasteiger partial charge in [-0.15, -0.1) is 0 Å². The highest BCUT2D eigenvalue weighted by Gasteiger charge is 2.35. The highest BCUT2D eigenvalue weighted by Crippen LogP contribution is 2.32. The van der Waals surface area contributed by atoms with E-state index in [2.05, 4.69) is 5.32 Å². The number of nitrogens with zero attached hydrogens (tertiary/aromatic N) is 2. The molecule has 0 aliphatic heterocycles. The van der Waals surface area contributed by atoms with Gasteiger partial charge in [-0.25, -0.2) is 8.42 Å². The van der Waals surface area contributed by atoms with E-state index in [9.17, 15) is 31.2 Å². The molecule has 3 aromatic rings. The molecule has 0 fully saturated rings. The van der Waals surface area contributed by atoms with E-state index in [0.717, 1.165) is 35.1 Å². The van der Waals surface area contributed by atoms with E-state index in [-0.39, 0.29) is 18.7 Å². The minimum absolute atomic E-state index is 0.0112. The third-order valence-electron chi connectivity index (χ3n) is 6.56. The summed E-state index contributed by atoms with van der Waals surface area (Å²) in [4.78, 5) is 28.8. The fourth-order valence-electron chi connectivity index (χ4n) is 4.34. The van der Waals surface area contributed by atoms with Crippen molar-refractivity contribution in [2.75, 3.05) is 23.7 Å². The van der Waals surface area contributed by atoms with Gasteiger partial charge in [0.05, 0.1) is 17.5 Å². The van der Waals surface area contributed by atoms with Crippen LogP contribution in [0.1, 0.15) is 35.6 Å². The maximum atomic E-state index is 14.0. The number of sulfonamides is 1. The Morgan fingerprint density at radius 2 is 1.61 bits per heavy atom. The van der Waals surface area contributed by atoms with E-state index in [1.165, 1.54) is 11.0 Å². The van der Waals surface area contributed by atoms with Crippen molar-refractivity contribution in [2.45, 2.75) is 45.5 Å². The van der Waals surface area contributed by atoms with Crippen molar-refractivity contribution in [3.63, 3.8) is 0 Å². The van der Waals surface area contributed by atoms with Crippen LogP contribution in [0.4, 0.5) is 18.9 Å². The summed E-state index contributed by atoms with van der Waals surface area (Å²) in [6, 6.07) is 19.2. The van der Waals surface area contributed by atoms with Crippen molar-refractivity contribution < 1.29 is 31.2 Å². The molecule has 7 nitrogen and oxygen atoms in total. The minimum atomic E-state index is -4.71. The standard InChI is InChI=1S/C30H34F3N3O4S/c1-4-17-34-29(38)27(18-23-12-6-5-7-13-23)35(20-24-14-9-8-11-22(24)2)28(37)21-36(41(3,39)40)26-16-10-15-25(19-26)30(31,32)33/h5-16,19,27H,4,17-18,20-21H2,1-3H3,(H,34,38)/t27-/m0/s1. The molecule has 0 aromatic heterocycles. The topological polar surface area (TPSA) is 86.8 Å². The lowest BCUT2D eigenvalue weighted by Gasteiger charge is -2.34. The number of benzene rings is 3. The van der Waals surface area contributed by atoms with E-state index >= 15 is 0 Å². The summed E-state index contributed by atoms with van der Waals surface area (Å²) < 4.78 is 66.5. The highest BCUT2D eigenvalue weighted by atomic mass is 32.2. The van der Waals surface area contributed by atoms with Gasteiger partial charge < -0.3 is 10.2 Å². The van der Waals surface area contributed by atoms with Gasteiger partial charge in [0.2, 0.25) is 21.8 Å². The molecule has 1 atom stereocenters. The van der Waals surface area contributed by atoms with Gasteiger partial charge in [0.15, 0.2) is 0 Å². The Hall–Kier alpha value is -3.86. The predicted octanol–water partition coefficient (Wildman–Crippen LogP) is 4.95. The third kappa shape index (κ3) is 8.81. The second-order valence-corrected chi connectivity index (χ2v) is 11.7. The van der Waals surface area contributed by atoms with E-state index in [0.29, 0.717) is 23.3 Å². The molecule has 0 heterocycles. The SMILES string of the molecule is CCCNC(=O)[C@H](Cc1ccccc1)N(Cc1ccccc1C)C(=O)CN(c1cccc(C(F)(F)F)c1)S(C)(=O)=O. The number of aryl methyl sites for hydroxylation is 1. The Morgan fingerprint density at radius 1 is 0.951 bits per heavy atom. The molecular formula is C30H34F3N3O4S. The first-order valence-corrected chi connectivity index (χ1v) is 15.0. The fraction of sp³-hybridized carbons (Fsp3) is 0.333. The second kappa shape index (κ2) is 13.7. The van der Waals surface area contributed by atoms with Crippen LogP contribution in [0.25, 0.3) is 0 Å². The Labute approximate surface area is 239 Å². The first kappa shape index (κ1) is 31.7. The van der Waals surface area contributed by atoms with Crippen molar-refractivity contribution in [3.8, 4) is 0 Å². The van der Waals surface area contributed by atoms with Crippen molar-refractivity contribution >= 4 is 27.5 Å². The van der Waals surface area contributed by atoms with Crippen molar-refractivity contribution in [1.82, 2.24) is 10.2 Å². The number of nitrogens with one attached hydrogen (secondary N) is 1. The molecule has 0 unspecified atom stereocenters. The smallest absolute Gasteiger partial charge is 0.354 e. The third-order valence-corrected chi connectivity index (χ3v) is 7.70. The molecule has 0 bridgehead atoms. The zero-order chi connectivity index (χ0) is 30.2. The molecule has 0 spiro atoms. The summed E-state index contributed by atoms with van der Waals surface area (Å²) in [6.45, 7) is 3.31. The van der Waals surface area contributed by atoms with Crippen LogP contribution in [-0.4, -0.2) is 50.5 Å². The van der Waals surface area contributed by atoms with Crippen LogP contribution in [0.5, 0.6) is 0 Å². The zero-order valence-electron chi connectivity index (χ0n) is 23.2. The van der Waals surface area contributed by atoms with E-state index < -0.39 is 46.2 Å².